The summed E-state index contributed by atoms with van der Waals surface area (Å²) in [6, 6.07) is 0. The molecule has 0 aromatic heterocycles. The van der Waals surface area contributed by atoms with Crippen LogP contribution in [0.25, 0.3) is 0 Å². The molecule has 0 radical (unpaired) electrons. The monoisotopic (exact) mass is 408 g/mol. The van der Waals surface area contributed by atoms with Gasteiger partial charge in [0.15, 0.2) is 0 Å². The van der Waals surface area contributed by atoms with Gasteiger partial charge in [0.25, 0.3) is 0 Å². The van der Waals surface area contributed by atoms with Gasteiger partial charge in [-0.15, -0.1) is 0 Å². The van der Waals surface area contributed by atoms with E-state index in [-0.39, 0.29) is 6.42 Å². The van der Waals surface area contributed by atoms with Crippen molar-refractivity contribution in [3.8, 4) is 0 Å². The van der Waals surface area contributed by atoms with Crippen LogP contribution >= 0.6 is 0 Å². The van der Waals surface area contributed by atoms with Gasteiger partial charge in [0, 0.05) is 19.4 Å². The zero-order valence-corrected chi connectivity index (χ0v) is 14.1. The fraction of sp³-hybridized carbons (Fsp3) is 1.00. The Labute approximate surface area is 144 Å². The molecule has 0 spiro atoms. The van der Waals surface area contributed by atoms with Crippen molar-refractivity contribution >= 4 is 0 Å². The van der Waals surface area contributed by atoms with Crippen molar-refractivity contribution in [1.82, 2.24) is 0 Å². The summed E-state index contributed by atoms with van der Waals surface area (Å²) in [5.41, 5.74) is 0. The van der Waals surface area contributed by atoms with E-state index in [9.17, 15) is 43.9 Å². The number of alkyl halides is 10. The predicted octanol–water partition coefficient (Wildman–Crippen LogP) is 6.30. The third-order valence-corrected chi connectivity index (χ3v) is 3.95. The molecule has 0 amide bonds. The first-order chi connectivity index (χ1) is 11.6. The molecular weight excluding hydrogens is 386 g/mol. The molecule has 158 valence electrons. The van der Waals surface area contributed by atoms with Gasteiger partial charge in [0.05, 0.1) is 0 Å². The number of hydrogen-bond acceptors (Lipinski definition) is 1. The van der Waals surface area contributed by atoms with Crippen molar-refractivity contribution in [2.24, 2.45) is 0 Å². The van der Waals surface area contributed by atoms with Gasteiger partial charge in [-0.3, -0.25) is 0 Å². The topological polar surface area (TPSA) is 20.2 Å². The third-order valence-electron chi connectivity index (χ3n) is 3.95. The molecule has 0 aliphatic rings. The largest absolute Gasteiger partial charge is 0.396 e. The number of aliphatic hydroxyl groups excluding tert-OH is 1. The molecule has 1 N–H and O–H groups in total. The molecule has 0 atom stereocenters. The Hall–Kier alpha value is -0.740. The van der Waals surface area contributed by atoms with Crippen molar-refractivity contribution in [3.05, 3.63) is 0 Å². The van der Waals surface area contributed by atoms with Gasteiger partial charge < -0.3 is 5.11 Å². The first-order valence-electron chi connectivity index (χ1n) is 8.12. The Kier molecular flexibility index (Phi) is 8.71. The highest BCUT2D eigenvalue weighted by Crippen LogP contribution is 2.58. The standard InChI is InChI=1S/C15H22F10O/c1-2-3-4-5-6-8-11(16,17)13(20,21)15(24,25)14(22,23)12(18,19)9-7-10-26/h26H,2-10H2,1H3. The number of unbranched alkanes of at least 4 members (excludes halogenated alkanes) is 4. The van der Waals surface area contributed by atoms with E-state index in [0.29, 0.717) is 19.3 Å². The van der Waals surface area contributed by atoms with Crippen LogP contribution in [0.15, 0.2) is 0 Å². The molecule has 0 fully saturated rings. The lowest BCUT2D eigenvalue weighted by Gasteiger charge is -2.39. The zero-order chi connectivity index (χ0) is 20.9. The van der Waals surface area contributed by atoms with Crippen LogP contribution < -0.4 is 0 Å². The number of rotatable bonds is 13. The quantitative estimate of drug-likeness (QED) is 0.280. The minimum atomic E-state index is -6.99. The maximum atomic E-state index is 13.5. The molecule has 1 nitrogen and oxygen atoms in total. The molecule has 0 aromatic rings. The summed E-state index contributed by atoms with van der Waals surface area (Å²) in [5.74, 6) is -31.7. The highest BCUT2D eigenvalue weighted by atomic mass is 19.4. The van der Waals surface area contributed by atoms with Crippen LogP contribution in [-0.2, 0) is 0 Å². The summed E-state index contributed by atoms with van der Waals surface area (Å²) >= 11 is 0. The second-order valence-electron chi connectivity index (χ2n) is 6.12. The number of aliphatic hydroxyl groups is 1. The fourth-order valence-corrected chi connectivity index (χ4v) is 2.22. The van der Waals surface area contributed by atoms with Crippen LogP contribution in [0, 0.1) is 0 Å². The molecule has 0 saturated carbocycles. The molecular formula is C15H22F10O. The fourth-order valence-electron chi connectivity index (χ4n) is 2.22. The Morgan fingerprint density at radius 1 is 0.538 bits per heavy atom. The summed E-state index contributed by atoms with van der Waals surface area (Å²) in [5, 5.41) is 8.31. The lowest BCUT2D eigenvalue weighted by molar-refractivity contribution is -0.402. The van der Waals surface area contributed by atoms with E-state index in [4.69, 9.17) is 5.11 Å². The Bertz CT molecular complexity index is 423. The molecule has 0 heterocycles. The zero-order valence-electron chi connectivity index (χ0n) is 14.1. The maximum Gasteiger partial charge on any atom is 0.384 e. The molecule has 0 bridgehead atoms. The lowest BCUT2D eigenvalue weighted by atomic mass is 9.90. The Balaban J connectivity index is 5.42. The summed E-state index contributed by atoms with van der Waals surface area (Å²) in [7, 11) is 0. The third kappa shape index (κ3) is 4.95. The Morgan fingerprint density at radius 2 is 0.923 bits per heavy atom. The van der Waals surface area contributed by atoms with E-state index in [0.717, 1.165) is 0 Å². The summed E-state index contributed by atoms with van der Waals surface area (Å²) in [6.07, 6.45) is -4.06. The van der Waals surface area contributed by atoms with Crippen LogP contribution in [-0.4, -0.2) is 41.3 Å². The molecule has 0 unspecified atom stereocenters. The summed E-state index contributed by atoms with van der Waals surface area (Å²) in [4.78, 5) is 0. The van der Waals surface area contributed by atoms with Crippen LogP contribution in [0.5, 0.6) is 0 Å². The van der Waals surface area contributed by atoms with Gasteiger partial charge in [-0.05, 0) is 12.8 Å². The molecule has 11 heteroatoms. The van der Waals surface area contributed by atoms with Crippen LogP contribution in [0.2, 0.25) is 0 Å². The SMILES string of the molecule is CCCCCCCC(F)(F)C(F)(F)C(F)(F)C(F)(F)C(F)(F)CCCO. The minimum Gasteiger partial charge on any atom is -0.396 e. The van der Waals surface area contributed by atoms with E-state index in [1.165, 1.54) is 0 Å². The first-order valence-corrected chi connectivity index (χ1v) is 8.12. The molecule has 0 saturated heterocycles. The highest BCUT2D eigenvalue weighted by molar-refractivity contribution is 5.08. The second-order valence-corrected chi connectivity index (χ2v) is 6.12. The summed E-state index contributed by atoms with van der Waals surface area (Å²) in [6.45, 7) is 0.671. The number of halogens is 10. The normalized spacial score (nSPS) is 14.8. The van der Waals surface area contributed by atoms with Crippen molar-refractivity contribution in [3.63, 3.8) is 0 Å². The average molecular weight is 408 g/mol. The van der Waals surface area contributed by atoms with E-state index in [1.54, 1.807) is 6.92 Å². The smallest absolute Gasteiger partial charge is 0.384 e. The molecule has 0 aliphatic carbocycles. The van der Waals surface area contributed by atoms with E-state index >= 15 is 0 Å². The first kappa shape index (κ1) is 25.3. The van der Waals surface area contributed by atoms with Crippen molar-refractivity contribution in [2.45, 2.75) is 87.9 Å². The molecule has 0 aliphatic heterocycles. The van der Waals surface area contributed by atoms with Gasteiger partial charge in [0.2, 0.25) is 0 Å². The average Bonchev–Trinajstić information content (AvgIpc) is 2.51. The number of hydrogen-bond donors (Lipinski definition) is 1. The van der Waals surface area contributed by atoms with Crippen LogP contribution in [0.4, 0.5) is 43.9 Å². The van der Waals surface area contributed by atoms with Crippen LogP contribution in [0.1, 0.15) is 58.3 Å². The molecule has 0 aromatic carbocycles. The van der Waals surface area contributed by atoms with E-state index in [1.807, 2.05) is 0 Å². The van der Waals surface area contributed by atoms with Crippen LogP contribution in [0.3, 0.4) is 0 Å². The minimum absolute atomic E-state index is 0.0197. The summed E-state index contributed by atoms with van der Waals surface area (Å²) < 4.78 is 135. The second kappa shape index (κ2) is 8.97. The van der Waals surface area contributed by atoms with Gasteiger partial charge in [-0.1, -0.05) is 32.6 Å². The van der Waals surface area contributed by atoms with Crippen molar-refractivity contribution < 1.29 is 49.0 Å². The van der Waals surface area contributed by atoms with Crippen molar-refractivity contribution in [1.29, 1.82) is 0 Å². The predicted molar refractivity (Wildman–Crippen MR) is 74.4 cm³/mol. The van der Waals surface area contributed by atoms with Gasteiger partial charge in [-0.25, -0.2) is 0 Å². The lowest BCUT2D eigenvalue weighted by Crippen LogP contribution is -2.67. The maximum absolute atomic E-state index is 13.5. The molecule has 26 heavy (non-hydrogen) atoms. The van der Waals surface area contributed by atoms with E-state index in [2.05, 4.69) is 0 Å². The van der Waals surface area contributed by atoms with Gasteiger partial charge in [0.1, 0.15) is 0 Å². The van der Waals surface area contributed by atoms with Crippen molar-refractivity contribution in [2.75, 3.05) is 6.61 Å². The van der Waals surface area contributed by atoms with E-state index < -0.39 is 61.9 Å². The van der Waals surface area contributed by atoms with Gasteiger partial charge in [-0.2, -0.15) is 43.9 Å². The highest BCUT2D eigenvalue weighted by Gasteiger charge is 2.85. The molecule has 0 rings (SSSR count). The Morgan fingerprint density at radius 3 is 1.31 bits per heavy atom. The van der Waals surface area contributed by atoms with Gasteiger partial charge >= 0.3 is 29.6 Å².